The lowest BCUT2D eigenvalue weighted by atomic mass is 9.99. The zero-order valence-electron chi connectivity index (χ0n) is 19.7. The number of nitrogens with one attached hydrogen (secondary N) is 1. The van der Waals surface area contributed by atoms with Gasteiger partial charge in [0.1, 0.15) is 23.5 Å². The van der Waals surface area contributed by atoms with Crippen molar-refractivity contribution in [3.8, 4) is 22.9 Å². The molecule has 0 spiro atoms. The molecule has 2 aromatic carbocycles. The number of nitriles is 1. The molecule has 3 heterocycles. The van der Waals surface area contributed by atoms with Crippen LogP contribution in [0.1, 0.15) is 27.9 Å². The fourth-order valence-corrected chi connectivity index (χ4v) is 4.52. The lowest BCUT2D eigenvalue weighted by Gasteiger charge is -2.16. The first-order valence-corrected chi connectivity index (χ1v) is 11.3. The molecule has 0 unspecified atom stereocenters. The SMILES string of the molecule is Cc1c(-c2cnc(NCc3c(F)ccc4c3CCO4)n3cc(C#N)nc23)ccc(CN(C)C)c1F. The Kier molecular flexibility index (Phi) is 5.83. The van der Waals surface area contributed by atoms with Gasteiger partial charge in [-0.05, 0) is 44.3 Å². The lowest BCUT2D eigenvalue weighted by Crippen LogP contribution is -2.13. The molecule has 0 aliphatic carbocycles. The zero-order valence-corrected chi connectivity index (χ0v) is 19.7. The molecule has 35 heavy (non-hydrogen) atoms. The number of imidazole rings is 1. The van der Waals surface area contributed by atoms with Crippen LogP contribution in [-0.2, 0) is 19.5 Å². The van der Waals surface area contributed by atoms with Gasteiger partial charge in [-0.3, -0.25) is 4.40 Å². The quantitative estimate of drug-likeness (QED) is 0.445. The van der Waals surface area contributed by atoms with Crippen molar-refractivity contribution in [3.05, 3.63) is 76.2 Å². The number of fused-ring (bicyclic) bond motifs is 2. The van der Waals surface area contributed by atoms with E-state index in [1.54, 1.807) is 35.9 Å². The summed E-state index contributed by atoms with van der Waals surface area (Å²) in [5, 5.41) is 12.6. The van der Waals surface area contributed by atoms with Gasteiger partial charge in [-0.1, -0.05) is 12.1 Å². The standard InChI is InChI=1S/C26H24F2N6O/c1-15-18(5-4-16(24(15)28)13-33(2)3)21-12-31-26(34-14-17(10-29)32-25(21)34)30-11-20-19-8-9-35-23(19)7-6-22(20)27/h4-7,12,14H,8-9,11,13H2,1-3H3,(H,30,31). The highest BCUT2D eigenvalue weighted by Gasteiger charge is 2.21. The minimum absolute atomic E-state index is 0.187. The summed E-state index contributed by atoms with van der Waals surface area (Å²) in [7, 11) is 3.77. The number of aromatic nitrogens is 3. The van der Waals surface area contributed by atoms with E-state index in [1.807, 2.05) is 25.1 Å². The van der Waals surface area contributed by atoms with E-state index in [4.69, 9.17) is 4.74 Å². The summed E-state index contributed by atoms with van der Waals surface area (Å²) in [5.41, 5.74) is 4.36. The van der Waals surface area contributed by atoms with Crippen LogP contribution < -0.4 is 10.1 Å². The largest absolute Gasteiger partial charge is 0.493 e. The van der Waals surface area contributed by atoms with Gasteiger partial charge in [0.25, 0.3) is 0 Å². The van der Waals surface area contributed by atoms with E-state index in [0.29, 0.717) is 64.7 Å². The van der Waals surface area contributed by atoms with Crippen LogP contribution >= 0.6 is 0 Å². The molecule has 0 saturated carbocycles. The van der Waals surface area contributed by atoms with Crippen molar-refractivity contribution >= 4 is 11.6 Å². The predicted octanol–water partition coefficient (Wildman–Crippen LogP) is 4.46. The second-order valence-corrected chi connectivity index (χ2v) is 8.83. The van der Waals surface area contributed by atoms with Gasteiger partial charge in [0.05, 0.1) is 12.8 Å². The molecular formula is C26H24F2N6O. The van der Waals surface area contributed by atoms with Crippen LogP contribution in [0.25, 0.3) is 16.8 Å². The van der Waals surface area contributed by atoms with Crippen molar-refractivity contribution < 1.29 is 13.5 Å². The molecule has 0 amide bonds. The monoisotopic (exact) mass is 474 g/mol. The molecular weight excluding hydrogens is 450 g/mol. The number of anilines is 1. The number of hydrogen-bond donors (Lipinski definition) is 1. The summed E-state index contributed by atoms with van der Waals surface area (Å²) in [5.74, 6) is 0.499. The van der Waals surface area contributed by atoms with Gasteiger partial charge in [-0.25, -0.2) is 18.7 Å². The Morgan fingerprint density at radius 2 is 2.03 bits per heavy atom. The van der Waals surface area contributed by atoms with Crippen molar-refractivity contribution in [2.45, 2.75) is 26.4 Å². The molecule has 0 atom stereocenters. The fraction of sp³-hybridized carbons (Fsp3) is 0.269. The topological polar surface area (TPSA) is 78.5 Å². The summed E-state index contributed by atoms with van der Waals surface area (Å²) in [6, 6.07) is 8.71. The maximum Gasteiger partial charge on any atom is 0.208 e. The third kappa shape index (κ3) is 4.06. The molecule has 9 heteroatoms. The second-order valence-electron chi connectivity index (χ2n) is 8.83. The van der Waals surface area contributed by atoms with Crippen LogP contribution in [0.2, 0.25) is 0 Å². The molecule has 1 N–H and O–H groups in total. The van der Waals surface area contributed by atoms with Crippen LogP contribution in [0, 0.1) is 29.9 Å². The molecule has 4 aromatic rings. The van der Waals surface area contributed by atoms with Crippen LogP contribution in [0.3, 0.4) is 0 Å². The molecule has 1 aliphatic rings. The van der Waals surface area contributed by atoms with E-state index >= 15 is 4.39 Å². The minimum Gasteiger partial charge on any atom is -0.493 e. The van der Waals surface area contributed by atoms with Gasteiger partial charge < -0.3 is 15.0 Å². The number of ether oxygens (including phenoxy) is 1. The summed E-state index contributed by atoms with van der Waals surface area (Å²) in [4.78, 5) is 10.9. The first-order chi connectivity index (χ1) is 16.9. The van der Waals surface area contributed by atoms with Gasteiger partial charge in [0, 0.05) is 48.0 Å². The molecule has 0 radical (unpaired) electrons. The molecule has 7 nitrogen and oxygen atoms in total. The highest BCUT2D eigenvalue weighted by atomic mass is 19.1. The molecule has 178 valence electrons. The van der Waals surface area contributed by atoms with Crippen LogP contribution in [0.15, 0.2) is 36.7 Å². The Morgan fingerprint density at radius 3 is 2.80 bits per heavy atom. The number of nitrogens with zero attached hydrogens (tertiary/aromatic N) is 5. The third-order valence-electron chi connectivity index (χ3n) is 6.21. The summed E-state index contributed by atoms with van der Waals surface area (Å²) in [6.07, 6.45) is 3.81. The van der Waals surface area contributed by atoms with Crippen molar-refractivity contribution in [2.75, 3.05) is 26.0 Å². The van der Waals surface area contributed by atoms with Gasteiger partial charge in [-0.15, -0.1) is 0 Å². The normalized spacial score (nSPS) is 12.6. The van der Waals surface area contributed by atoms with Gasteiger partial charge in [-0.2, -0.15) is 5.26 Å². The number of rotatable bonds is 6. The highest BCUT2D eigenvalue weighted by Crippen LogP contribution is 2.33. The van der Waals surface area contributed by atoms with Gasteiger partial charge in [0.2, 0.25) is 5.95 Å². The number of halogens is 2. The Bertz CT molecular complexity index is 1490. The average Bonchev–Trinajstić information content (AvgIpc) is 3.49. The first kappa shape index (κ1) is 22.7. The molecule has 0 fully saturated rings. The molecule has 0 bridgehead atoms. The van der Waals surface area contributed by atoms with Gasteiger partial charge >= 0.3 is 0 Å². The van der Waals surface area contributed by atoms with Crippen molar-refractivity contribution in [2.24, 2.45) is 0 Å². The molecule has 0 saturated heterocycles. The Labute approximate surface area is 201 Å². The van der Waals surface area contributed by atoms with Crippen LogP contribution in [0.4, 0.5) is 14.7 Å². The maximum atomic E-state index is 15.1. The highest BCUT2D eigenvalue weighted by molar-refractivity contribution is 5.80. The van der Waals surface area contributed by atoms with Crippen molar-refractivity contribution in [1.82, 2.24) is 19.3 Å². The zero-order chi connectivity index (χ0) is 24.7. The van der Waals surface area contributed by atoms with E-state index in [9.17, 15) is 9.65 Å². The Hall–Kier alpha value is -4.03. The smallest absolute Gasteiger partial charge is 0.208 e. The lowest BCUT2D eigenvalue weighted by molar-refractivity contribution is 0.356. The fourth-order valence-electron chi connectivity index (χ4n) is 4.52. The number of benzene rings is 2. The van der Waals surface area contributed by atoms with E-state index in [1.165, 1.54) is 6.07 Å². The third-order valence-corrected chi connectivity index (χ3v) is 6.21. The number of hydrogen-bond acceptors (Lipinski definition) is 6. The molecule has 5 rings (SSSR count). The molecule has 1 aliphatic heterocycles. The second kappa shape index (κ2) is 8.96. The summed E-state index contributed by atoms with van der Waals surface area (Å²) in [6.45, 7) is 2.92. The first-order valence-electron chi connectivity index (χ1n) is 11.3. The Morgan fingerprint density at radius 1 is 1.20 bits per heavy atom. The Balaban J connectivity index is 1.54. The van der Waals surface area contributed by atoms with Crippen molar-refractivity contribution in [3.63, 3.8) is 0 Å². The van der Waals surface area contributed by atoms with Gasteiger partial charge in [0.15, 0.2) is 11.3 Å². The van der Waals surface area contributed by atoms with E-state index in [2.05, 4.69) is 21.4 Å². The minimum atomic E-state index is -0.318. The maximum absolute atomic E-state index is 15.1. The van der Waals surface area contributed by atoms with E-state index in [-0.39, 0.29) is 23.9 Å². The van der Waals surface area contributed by atoms with E-state index in [0.717, 1.165) is 5.56 Å². The molecule has 2 aromatic heterocycles. The van der Waals surface area contributed by atoms with Crippen LogP contribution in [-0.4, -0.2) is 40.0 Å². The van der Waals surface area contributed by atoms with Crippen molar-refractivity contribution in [1.29, 1.82) is 5.26 Å². The van der Waals surface area contributed by atoms with Crippen LogP contribution in [0.5, 0.6) is 5.75 Å². The average molecular weight is 475 g/mol. The predicted molar refractivity (Wildman–Crippen MR) is 128 cm³/mol. The summed E-state index contributed by atoms with van der Waals surface area (Å²) >= 11 is 0. The summed E-state index contributed by atoms with van der Waals surface area (Å²) < 4.78 is 36.9. The van der Waals surface area contributed by atoms with E-state index < -0.39 is 0 Å².